The topological polar surface area (TPSA) is 29.3 Å². The third-order valence-electron chi connectivity index (χ3n) is 9.07. The van der Waals surface area contributed by atoms with Gasteiger partial charge in [0, 0.05) is 28.2 Å². The molecule has 226 valence electrons. The quantitative estimate of drug-likeness (QED) is 0.187. The Labute approximate surface area is 279 Å². The van der Waals surface area contributed by atoms with Crippen LogP contribution in [0.5, 0.6) is 0 Å². The lowest BCUT2D eigenvalue weighted by Crippen LogP contribution is -2.09. The number of hydrogen-bond acceptors (Lipinski definition) is 3. The van der Waals surface area contributed by atoms with Crippen LogP contribution in [-0.4, -0.2) is 4.98 Å². The number of hydrogen-bond donors (Lipinski definition) is 0. The molecule has 0 amide bonds. The monoisotopic (exact) mass is 614 g/mol. The molecule has 0 aliphatic carbocycles. The zero-order valence-electron chi connectivity index (χ0n) is 26.1. The van der Waals surface area contributed by atoms with E-state index in [-0.39, 0.29) is 0 Å². The number of nitrogens with zero attached hydrogens (tertiary/aromatic N) is 2. The number of rotatable bonds is 6. The minimum absolute atomic E-state index is 0.630. The van der Waals surface area contributed by atoms with Gasteiger partial charge in [-0.15, -0.1) is 0 Å². The molecule has 3 heteroatoms. The van der Waals surface area contributed by atoms with E-state index in [1.807, 2.05) is 42.5 Å². The zero-order chi connectivity index (χ0) is 31.9. The molecule has 0 saturated carbocycles. The molecular formula is C45H30N2O. The first-order valence-electron chi connectivity index (χ1n) is 16.2. The number of benzene rings is 8. The van der Waals surface area contributed by atoms with Crippen molar-refractivity contribution in [2.24, 2.45) is 0 Å². The van der Waals surface area contributed by atoms with Crippen molar-refractivity contribution >= 4 is 49.7 Å². The maximum atomic E-state index is 6.33. The van der Waals surface area contributed by atoms with Crippen molar-refractivity contribution < 1.29 is 4.42 Å². The first-order chi connectivity index (χ1) is 23.8. The lowest BCUT2D eigenvalue weighted by atomic mass is 9.96. The molecule has 0 spiro atoms. The normalized spacial score (nSPS) is 11.3. The van der Waals surface area contributed by atoms with Gasteiger partial charge in [0.1, 0.15) is 5.52 Å². The Balaban J connectivity index is 1.09. The Bertz CT molecular complexity index is 2550. The zero-order valence-corrected chi connectivity index (χ0v) is 26.1. The highest BCUT2D eigenvalue weighted by atomic mass is 16.3. The van der Waals surface area contributed by atoms with Crippen molar-refractivity contribution in [1.82, 2.24) is 4.98 Å². The summed E-state index contributed by atoms with van der Waals surface area (Å²) < 4.78 is 6.33. The molecule has 3 nitrogen and oxygen atoms in total. The van der Waals surface area contributed by atoms with Crippen LogP contribution in [0.4, 0.5) is 17.1 Å². The van der Waals surface area contributed by atoms with Gasteiger partial charge >= 0.3 is 0 Å². The summed E-state index contributed by atoms with van der Waals surface area (Å²) in [6.45, 7) is 0. The fourth-order valence-corrected chi connectivity index (χ4v) is 6.71. The van der Waals surface area contributed by atoms with Crippen molar-refractivity contribution in [3.05, 3.63) is 182 Å². The minimum Gasteiger partial charge on any atom is -0.435 e. The average molecular weight is 615 g/mol. The van der Waals surface area contributed by atoms with Crippen LogP contribution >= 0.6 is 0 Å². The van der Waals surface area contributed by atoms with Gasteiger partial charge in [-0.2, -0.15) is 0 Å². The molecule has 0 radical (unpaired) electrons. The van der Waals surface area contributed by atoms with Crippen LogP contribution in [0.2, 0.25) is 0 Å². The summed E-state index contributed by atoms with van der Waals surface area (Å²) >= 11 is 0. The summed E-state index contributed by atoms with van der Waals surface area (Å²) in [5.74, 6) is 0.630. The van der Waals surface area contributed by atoms with Gasteiger partial charge in [-0.25, -0.2) is 4.98 Å². The molecule has 0 fully saturated rings. The van der Waals surface area contributed by atoms with Gasteiger partial charge < -0.3 is 9.32 Å². The minimum atomic E-state index is 0.630. The predicted molar refractivity (Wildman–Crippen MR) is 200 cm³/mol. The van der Waals surface area contributed by atoms with E-state index in [0.29, 0.717) is 5.89 Å². The maximum Gasteiger partial charge on any atom is 0.227 e. The van der Waals surface area contributed by atoms with E-state index >= 15 is 0 Å². The summed E-state index contributed by atoms with van der Waals surface area (Å²) in [5, 5.41) is 4.93. The predicted octanol–water partition coefficient (Wildman–Crippen LogP) is 12.6. The van der Waals surface area contributed by atoms with Crippen molar-refractivity contribution in [1.29, 1.82) is 0 Å². The lowest BCUT2D eigenvalue weighted by Gasteiger charge is -2.26. The van der Waals surface area contributed by atoms with E-state index in [1.54, 1.807) is 0 Å². The molecule has 0 unspecified atom stereocenters. The highest BCUT2D eigenvalue weighted by Gasteiger charge is 2.16. The van der Waals surface area contributed by atoms with E-state index in [1.165, 1.54) is 32.7 Å². The van der Waals surface area contributed by atoms with Crippen LogP contribution in [0.3, 0.4) is 0 Å². The standard InChI is InChI=1S/C45H30N2O/c1-3-12-33(13-4-1)45-46-43-20-10-19-42(44(43)48-45)32-23-26-38(27-24-32)47(37-15-5-2-6-16-37)39-28-25-34-29-36(22-21-35(34)30-39)41-18-9-14-31-11-7-8-17-40(31)41/h1-30H. The van der Waals surface area contributed by atoms with Crippen LogP contribution < -0.4 is 4.90 Å². The average Bonchev–Trinajstić information content (AvgIpc) is 3.61. The highest BCUT2D eigenvalue weighted by Crippen LogP contribution is 2.39. The Kier molecular flexibility index (Phi) is 6.80. The van der Waals surface area contributed by atoms with Crippen LogP contribution in [0.25, 0.3) is 66.4 Å². The molecule has 8 aromatic carbocycles. The second-order valence-electron chi connectivity index (χ2n) is 12.0. The summed E-state index contributed by atoms with van der Waals surface area (Å²) in [6.07, 6.45) is 0. The van der Waals surface area contributed by atoms with Gasteiger partial charge in [0.05, 0.1) is 0 Å². The molecule has 9 rings (SSSR count). The highest BCUT2D eigenvalue weighted by molar-refractivity contribution is 6.00. The van der Waals surface area contributed by atoms with Gasteiger partial charge in [0.2, 0.25) is 5.89 Å². The smallest absolute Gasteiger partial charge is 0.227 e. The number of fused-ring (bicyclic) bond motifs is 3. The molecule has 9 aromatic rings. The van der Waals surface area contributed by atoms with Gasteiger partial charge in [0.15, 0.2) is 5.58 Å². The van der Waals surface area contributed by atoms with Crippen LogP contribution in [-0.2, 0) is 0 Å². The Morgan fingerprint density at radius 2 is 1.02 bits per heavy atom. The van der Waals surface area contributed by atoms with Crippen molar-refractivity contribution in [2.75, 3.05) is 4.90 Å². The first kappa shape index (κ1) is 27.8. The van der Waals surface area contributed by atoms with Crippen LogP contribution in [0, 0.1) is 0 Å². The van der Waals surface area contributed by atoms with E-state index in [4.69, 9.17) is 9.40 Å². The van der Waals surface area contributed by atoms with Crippen molar-refractivity contribution in [2.45, 2.75) is 0 Å². The molecule has 1 aromatic heterocycles. The molecule has 0 atom stereocenters. The molecule has 0 saturated heterocycles. The number of para-hydroxylation sites is 2. The van der Waals surface area contributed by atoms with Crippen molar-refractivity contribution in [3.63, 3.8) is 0 Å². The van der Waals surface area contributed by atoms with Gasteiger partial charge in [0.25, 0.3) is 0 Å². The number of oxazole rings is 1. The van der Waals surface area contributed by atoms with Crippen LogP contribution in [0.1, 0.15) is 0 Å². The lowest BCUT2D eigenvalue weighted by molar-refractivity contribution is 0.621. The van der Waals surface area contributed by atoms with E-state index in [9.17, 15) is 0 Å². The molecule has 0 aliphatic rings. The summed E-state index contributed by atoms with van der Waals surface area (Å²) in [4.78, 5) is 7.09. The van der Waals surface area contributed by atoms with Gasteiger partial charge in [-0.1, -0.05) is 121 Å². The molecule has 1 heterocycles. The Hall–Kier alpha value is -6.45. The molecule has 0 bridgehead atoms. The second-order valence-corrected chi connectivity index (χ2v) is 12.0. The van der Waals surface area contributed by atoms with Crippen molar-refractivity contribution in [3.8, 4) is 33.7 Å². The third-order valence-corrected chi connectivity index (χ3v) is 9.07. The second kappa shape index (κ2) is 11.7. The Morgan fingerprint density at radius 3 is 1.88 bits per heavy atom. The molecular weight excluding hydrogens is 585 g/mol. The fraction of sp³-hybridized carbons (Fsp3) is 0. The fourth-order valence-electron chi connectivity index (χ4n) is 6.71. The van der Waals surface area contributed by atoms with E-state index in [0.717, 1.165) is 44.9 Å². The SMILES string of the molecule is c1ccc(-c2nc3cccc(-c4ccc(N(c5ccccc5)c5ccc6cc(-c7cccc8ccccc78)ccc6c5)cc4)c3o2)cc1. The van der Waals surface area contributed by atoms with E-state index < -0.39 is 0 Å². The number of aromatic nitrogens is 1. The molecule has 48 heavy (non-hydrogen) atoms. The molecule has 0 N–H and O–H groups in total. The van der Waals surface area contributed by atoms with Crippen LogP contribution in [0.15, 0.2) is 186 Å². The van der Waals surface area contributed by atoms with Gasteiger partial charge in [-0.05, 0) is 98.9 Å². The Morgan fingerprint density at radius 1 is 0.396 bits per heavy atom. The summed E-state index contributed by atoms with van der Waals surface area (Å²) in [5.41, 5.74) is 10.5. The summed E-state index contributed by atoms with van der Waals surface area (Å²) in [6, 6.07) is 64.1. The van der Waals surface area contributed by atoms with Gasteiger partial charge in [-0.3, -0.25) is 0 Å². The third kappa shape index (κ3) is 4.99. The number of anilines is 3. The molecule has 0 aliphatic heterocycles. The van der Waals surface area contributed by atoms with E-state index in [2.05, 4.69) is 144 Å². The maximum absolute atomic E-state index is 6.33. The summed E-state index contributed by atoms with van der Waals surface area (Å²) in [7, 11) is 0. The first-order valence-corrected chi connectivity index (χ1v) is 16.2. The largest absolute Gasteiger partial charge is 0.435 e.